The molecule has 5 heteroatoms. The van der Waals surface area contributed by atoms with Gasteiger partial charge in [0.15, 0.2) is 5.82 Å². The van der Waals surface area contributed by atoms with Crippen molar-refractivity contribution in [1.82, 2.24) is 14.7 Å². The predicted molar refractivity (Wildman–Crippen MR) is 77.2 cm³/mol. The number of rotatable bonds is 5. The molecule has 2 aromatic heterocycles. The highest BCUT2D eigenvalue weighted by molar-refractivity contribution is 5.83. The van der Waals surface area contributed by atoms with Crippen LogP contribution < -0.4 is 5.73 Å². The number of hydrogen-bond donors (Lipinski definition) is 1. The first-order valence-corrected chi connectivity index (χ1v) is 6.90. The molecule has 104 valence electrons. The second-order valence-corrected chi connectivity index (χ2v) is 4.86. The van der Waals surface area contributed by atoms with Gasteiger partial charge in [0.25, 0.3) is 0 Å². The summed E-state index contributed by atoms with van der Waals surface area (Å²) in [5.41, 5.74) is 8.09. The van der Waals surface area contributed by atoms with E-state index in [0.717, 1.165) is 23.9 Å². The molecule has 3 rings (SSSR count). The van der Waals surface area contributed by atoms with Crippen LogP contribution in [-0.2, 0) is 19.5 Å². The molecule has 0 aliphatic carbocycles. The van der Waals surface area contributed by atoms with Crippen molar-refractivity contribution in [2.45, 2.75) is 32.9 Å². The van der Waals surface area contributed by atoms with Gasteiger partial charge >= 0.3 is 0 Å². The van der Waals surface area contributed by atoms with Crippen LogP contribution in [0.1, 0.15) is 30.6 Å². The minimum Gasteiger partial charge on any atom is -0.339 e. The van der Waals surface area contributed by atoms with E-state index in [-0.39, 0.29) is 0 Å². The molecule has 0 bridgehead atoms. The van der Waals surface area contributed by atoms with Crippen LogP contribution in [0.5, 0.6) is 0 Å². The Balaban J connectivity index is 1.93. The Labute approximate surface area is 117 Å². The van der Waals surface area contributed by atoms with Gasteiger partial charge in [-0.15, -0.1) is 0 Å². The normalized spacial score (nSPS) is 11.3. The third-order valence-electron chi connectivity index (χ3n) is 3.38. The Morgan fingerprint density at radius 2 is 2.15 bits per heavy atom. The number of hydrogen-bond acceptors (Lipinski definition) is 4. The molecule has 5 nitrogen and oxygen atoms in total. The van der Waals surface area contributed by atoms with Crippen molar-refractivity contribution >= 4 is 10.9 Å². The van der Waals surface area contributed by atoms with E-state index >= 15 is 0 Å². The van der Waals surface area contributed by atoms with Crippen molar-refractivity contribution in [2.24, 2.45) is 5.73 Å². The molecule has 0 aliphatic rings. The number of nitrogens with two attached hydrogens (primary N) is 1. The number of benzene rings is 1. The maximum absolute atomic E-state index is 5.80. The summed E-state index contributed by atoms with van der Waals surface area (Å²) < 4.78 is 7.35. The van der Waals surface area contributed by atoms with Crippen LogP contribution in [0.4, 0.5) is 0 Å². The van der Waals surface area contributed by atoms with Gasteiger partial charge in [-0.2, -0.15) is 4.98 Å². The molecular weight excluding hydrogens is 252 g/mol. The van der Waals surface area contributed by atoms with Crippen molar-refractivity contribution in [1.29, 1.82) is 0 Å². The summed E-state index contributed by atoms with van der Waals surface area (Å²) in [6.07, 6.45) is 3.90. The van der Waals surface area contributed by atoms with E-state index < -0.39 is 0 Å². The van der Waals surface area contributed by atoms with Crippen LogP contribution in [-0.4, -0.2) is 14.7 Å². The van der Waals surface area contributed by atoms with Crippen LogP contribution >= 0.6 is 0 Å². The molecule has 0 aliphatic heterocycles. The lowest BCUT2D eigenvalue weighted by atomic mass is 10.2. The lowest BCUT2D eigenvalue weighted by Crippen LogP contribution is -2.00. The zero-order valence-corrected chi connectivity index (χ0v) is 11.5. The summed E-state index contributed by atoms with van der Waals surface area (Å²) >= 11 is 0. The number of aryl methyl sites for hydroxylation is 1. The quantitative estimate of drug-likeness (QED) is 0.773. The molecule has 0 saturated heterocycles. The van der Waals surface area contributed by atoms with Gasteiger partial charge < -0.3 is 14.8 Å². The van der Waals surface area contributed by atoms with Crippen LogP contribution in [0.15, 0.2) is 35.0 Å². The molecule has 0 fully saturated rings. The zero-order chi connectivity index (χ0) is 13.9. The second kappa shape index (κ2) is 5.46. The van der Waals surface area contributed by atoms with Gasteiger partial charge in [-0.3, -0.25) is 0 Å². The van der Waals surface area contributed by atoms with Crippen molar-refractivity contribution in [3.8, 4) is 0 Å². The summed E-state index contributed by atoms with van der Waals surface area (Å²) in [5.74, 6) is 1.41. The van der Waals surface area contributed by atoms with Gasteiger partial charge in [-0.25, -0.2) is 0 Å². The molecular formula is C15H18N4O. The third kappa shape index (κ3) is 2.32. The van der Waals surface area contributed by atoms with Gasteiger partial charge in [-0.1, -0.05) is 30.3 Å². The first kappa shape index (κ1) is 12.9. The van der Waals surface area contributed by atoms with E-state index in [0.29, 0.717) is 24.8 Å². The van der Waals surface area contributed by atoms with Crippen LogP contribution in [0, 0.1) is 0 Å². The number of fused-ring (bicyclic) bond motifs is 1. The van der Waals surface area contributed by atoms with E-state index in [4.69, 9.17) is 10.3 Å². The van der Waals surface area contributed by atoms with Gasteiger partial charge in [0, 0.05) is 30.1 Å². The van der Waals surface area contributed by atoms with E-state index in [2.05, 4.69) is 40.0 Å². The minimum atomic E-state index is 0.529. The highest BCUT2D eigenvalue weighted by Gasteiger charge is 2.10. The van der Waals surface area contributed by atoms with Crippen LogP contribution in [0.3, 0.4) is 0 Å². The Kier molecular flexibility index (Phi) is 3.52. The first-order valence-electron chi connectivity index (χ1n) is 6.90. The highest BCUT2D eigenvalue weighted by atomic mass is 16.5. The number of nitrogens with zero attached hydrogens (tertiary/aromatic N) is 3. The van der Waals surface area contributed by atoms with E-state index in [1.807, 2.05) is 12.1 Å². The van der Waals surface area contributed by atoms with Crippen LogP contribution in [0.2, 0.25) is 0 Å². The van der Waals surface area contributed by atoms with Crippen molar-refractivity contribution in [3.05, 3.63) is 47.7 Å². The average Bonchev–Trinajstić information content (AvgIpc) is 3.05. The monoisotopic (exact) mass is 270 g/mol. The molecule has 0 amide bonds. The number of para-hydroxylation sites is 1. The van der Waals surface area contributed by atoms with Crippen molar-refractivity contribution in [3.63, 3.8) is 0 Å². The standard InChI is InChI=1S/C15H18N4O/c1-2-5-15-17-14(18-20-15)10-19-9-11(8-16)12-6-3-4-7-13(12)19/h3-4,6-7,9H,2,5,8,10,16H2,1H3. The minimum absolute atomic E-state index is 0.529. The molecule has 2 heterocycles. The topological polar surface area (TPSA) is 69.9 Å². The van der Waals surface area contributed by atoms with Gasteiger partial charge in [0.05, 0.1) is 6.54 Å². The Bertz CT molecular complexity index is 714. The molecule has 0 spiro atoms. The molecule has 1 aromatic carbocycles. The Morgan fingerprint density at radius 1 is 1.30 bits per heavy atom. The predicted octanol–water partition coefficient (Wildman–Crippen LogP) is 2.48. The Hall–Kier alpha value is -2.14. The lowest BCUT2D eigenvalue weighted by Gasteiger charge is -2.00. The first-order chi connectivity index (χ1) is 9.81. The fraction of sp³-hybridized carbons (Fsp3) is 0.333. The van der Waals surface area contributed by atoms with Crippen LogP contribution in [0.25, 0.3) is 10.9 Å². The molecule has 2 N–H and O–H groups in total. The largest absolute Gasteiger partial charge is 0.339 e. The Morgan fingerprint density at radius 3 is 2.95 bits per heavy atom. The number of aromatic nitrogens is 3. The molecule has 0 unspecified atom stereocenters. The molecule has 0 atom stereocenters. The average molecular weight is 270 g/mol. The fourth-order valence-electron chi connectivity index (χ4n) is 2.44. The van der Waals surface area contributed by atoms with E-state index in [9.17, 15) is 0 Å². The maximum Gasteiger partial charge on any atom is 0.226 e. The van der Waals surface area contributed by atoms with E-state index in [1.54, 1.807) is 0 Å². The third-order valence-corrected chi connectivity index (χ3v) is 3.38. The zero-order valence-electron chi connectivity index (χ0n) is 11.5. The summed E-state index contributed by atoms with van der Waals surface area (Å²) in [5, 5.41) is 5.22. The smallest absolute Gasteiger partial charge is 0.226 e. The van der Waals surface area contributed by atoms with Gasteiger partial charge in [0.2, 0.25) is 5.89 Å². The van der Waals surface area contributed by atoms with E-state index in [1.165, 1.54) is 5.39 Å². The molecule has 20 heavy (non-hydrogen) atoms. The summed E-state index contributed by atoms with van der Waals surface area (Å²) in [7, 11) is 0. The summed E-state index contributed by atoms with van der Waals surface area (Å²) in [4.78, 5) is 4.41. The highest BCUT2D eigenvalue weighted by Crippen LogP contribution is 2.21. The fourth-order valence-corrected chi connectivity index (χ4v) is 2.44. The van der Waals surface area contributed by atoms with Gasteiger partial charge in [-0.05, 0) is 18.1 Å². The maximum atomic E-state index is 5.80. The second-order valence-electron chi connectivity index (χ2n) is 4.86. The van der Waals surface area contributed by atoms with Gasteiger partial charge in [0.1, 0.15) is 0 Å². The molecule has 3 aromatic rings. The molecule has 0 saturated carbocycles. The SMILES string of the molecule is CCCc1nc(Cn2cc(CN)c3ccccc32)no1. The van der Waals surface area contributed by atoms with Crippen molar-refractivity contribution in [2.75, 3.05) is 0 Å². The molecule has 0 radical (unpaired) electrons. The van der Waals surface area contributed by atoms with Crippen molar-refractivity contribution < 1.29 is 4.52 Å². The summed E-state index contributed by atoms with van der Waals surface area (Å²) in [6.45, 7) is 3.23. The lowest BCUT2D eigenvalue weighted by molar-refractivity contribution is 0.371. The summed E-state index contributed by atoms with van der Waals surface area (Å²) in [6, 6.07) is 8.23.